The van der Waals surface area contributed by atoms with Gasteiger partial charge in [-0.2, -0.15) is 28.2 Å². The zero-order valence-electron chi connectivity index (χ0n) is 27.7. The van der Waals surface area contributed by atoms with Gasteiger partial charge in [0.1, 0.15) is 29.8 Å². The van der Waals surface area contributed by atoms with E-state index < -0.39 is 29.1 Å². The van der Waals surface area contributed by atoms with Gasteiger partial charge in [0, 0.05) is 43.7 Å². The first-order valence-corrected chi connectivity index (χ1v) is 16.4. The minimum atomic E-state index is -4.74. The van der Waals surface area contributed by atoms with Crippen molar-refractivity contribution in [3.05, 3.63) is 29.2 Å². The van der Waals surface area contributed by atoms with Crippen LogP contribution in [0.15, 0.2) is 12.3 Å². The number of nitrogens with zero attached hydrogens (tertiary/aromatic N) is 8. The highest BCUT2D eigenvalue weighted by atomic mass is 19.4. The van der Waals surface area contributed by atoms with Crippen LogP contribution >= 0.6 is 0 Å². The van der Waals surface area contributed by atoms with E-state index in [0.717, 1.165) is 19.4 Å². The van der Waals surface area contributed by atoms with Crippen LogP contribution in [0, 0.1) is 13.8 Å². The predicted molar refractivity (Wildman–Crippen MR) is 173 cm³/mol. The maximum atomic E-state index is 14.9. The van der Waals surface area contributed by atoms with E-state index >= 15 is 0 Å². The lowest BCUT2D eigenvalue weighted by Crippen LogP contribution is -2.44. The Morgan fingerprint density at radius 2 is 1.96 bits per heavy atom. The molecule has 12 nitrogen and oxygen atoms in total. The maximum absolute atomic E-state index is 14.9. The Bertz CT molecular complexity index is 2110. The number of rotatable bonds is 5. The number of pyridine rings is 2. The number of ether oxygens (including phenoxy) is 2. The van der Waals surface area contributed by atoms with Crippen molar-refractivity contribution in [1.82, 2.24) is 39.6 Å². The molecule has 0 amide bonds. The molecule has 3 aliphatic heterocycles. The fourth-order valence-electron chi connectivity index (χ4n) is 8.22. The molecule has 3 saturated heterocycles. The molecule has 0 unspecified atom stereocenters. The van der Waals surface area contributed by atoms with Gasteiger partial charge < -0.3 is 24.0 Å². The van der Waals surface area contributed by atoms with Crippen molar-refractivity contribution in [2.45, 2.75) is 63.5 Å². The van der Waals surface area contributed by atoms with E-state index in [1.165, 1.54) is 13.1 Å². The highest BCUT2D eigenvalue weighted by molar-refractivity contribution is 6.16. The van der Waals surface area contributed by atoms with Crippen LogP contribution in [0.2, 0.25) is 0 Å². The smallest absolute Gasteiger partial charge is 0.418 e. The highest BCUT2D eigenvalue weighted by Gasteiger charge is 2.49. The van der Waals surface area contributed by atoms with Crippen LogP contribution in [0.1, 0.15) is 43.1 Å². The Hall–Kier alpha value is -4.15. The number of aromatic nitrogens is 7. The number of hydrogen-bond acceptors (Lipinski definition) is 10. The predicted octanol–water partition coefficient (Wildman–Crippen LogP) is 4.63. The number of anilines is 1. The molecule has 2 N–H and O–H groups in total. The second-order valence-corrected chi connectivity index (χ2v) is 14.0. The molecule has 0 radical (unpaired) electrons. The summed E-state index contributed by atoms with van der Waals surface area (Å²) in [7, 11) is 1.72. The first kappa shape index (κ1) is 32.1. The second kappa shape index (κ2) is 11.2. The number of aryl methyl sites for hydroxylation is 3. The molecule has 3 atom stereocenters. The third-order valence-corrected chi connectivity index (χ3v) is 10.3. The maximum Gasteiger partial charge on any atom is 0.418 e. The minimum absolute atomic E-state index is 0.0556. The van der Waals surface area contributed by atoms with E-state index in [1.54, 1.807) is 31.5 Å². The molecule has 5 aromatic heterocycles. The summed E-state index contributed by atoms with van der Waals surface area (Å²) in [6.07, 6.45) is -2.09. The lowest BCUT2D eigenvalue weighted by molar-refractivity contribution is -0.137. The fraction of sp³-hybridized carbons (Fsp3) is 0.545. The van der Waals surface area contributed by atoms with Crippen molar-refractivity contribution in [3.8, 4) is 17.3 Å². The average molecular weight is 684 g/mol. The zero-order valence-corrected chi connectivity index (χ0v) is 27.7. The van der Waals surface area contributed by atoms with Crippen molar-refractivity contribution < 1.29 is 32.1 Å². The number of aromatic amines is 1. The van der Waals surface area contributed by atoms with Crippen LogP contribution in [0.3, 0.4) is 0 Å². The summed E-state index contributed by atoms with van der Waals surface area (Å²) in [6, 6.07) is 1.79. The molecule has 3 fully saturated rings. The summed E-state index contributed by atoms with van der Waals surface area (Å²) in [5.41, 5.74) is -1.42. The van der Waals surface area contributed by atoms with Gasteiger partial charge in [-0.15, -0.1) is 0 Å². The molecule has 260 valence electrons. The Balaban J connectivity index is 1.37. The number of H-pyrrole nitrogens is 1. The number of nitrogens with one attached hydrogen (secondary N) is 1. The molecule has 8 heterocycles. The fourth-order valence-corrected chi connectivity index (χ4v) is 8.22. The van der Waals surface area contributed by atoms with Crippen LogP contribution in [-0.4, -0.2) is 108 Å². The first-order chi connectivity index (χ1) is 23.3. The van der Waals surface area contributed by atoms with Gasteiger partial charge in [-0.1, -0.05) is 0 Å². The number of β-amino-alcohol motifs (C(OH)–C–C–N with tert-alkyl or cyclic N) is 1. The van der Waals surface area contributed by atoms with Gasteiger partial charge in [0.25, 0.3) is 0 Å². The average Bonchev–Trinajstić information content (AvgIpc) is 3.72. The number of halogens is 4. The van der Waals surface area contributed by atoms with Crippen LogP contribution in [0.25, 0.3) is 44.2 Å². The number of hydrogen-bond donors (Lipinski definition) is 2. The van der Waals surface area contributed by atoms with E-state index in [2.05, 4.69) is 25.1 Å². The molecule has 5 aromatic rings. The summed E-state index contributed by atoms with van der Waals surface area (Å²) in [5, 5.41) is 19.4. The van der Waals surface area contributed by atoms with Crippen molar-refractivity contribution >= 4 is 38.8 Å². The quantitative estimate of drug-likeness (QED) is 0.253. The van der Waals surface area contributed by atoms with E-state index in [-0.39, 0.29) is 53.8 Å². The van der Waals surface area contributed by atoms with Gasteiger partial charge in [0.05, 0.1) is 64.2 Å². The Kier molecular flexibility index (Phi) is 7.32. The molecule has 0 saturated carbocycles. The minimum Gasteiger partial charge on any atom is -0.461 e. The highest BCUT2D eigenvalue weighted by Crippen LogP contribution is 2.46. The van der Waals surface area contributed by atoms with Crippen molar-refractivity contribution in [1.29, 1.82) is 0 Å². The summed E-state index contributed by atoms with van der Waals surface area (Å²) >= 11 is 0. The van der Waals surface area contributed by atoms with Gasteiger partial charge in [-0.05, 0) is 46.2 Å². The standard InChI is InChI=1S/C33H37F4N9O3/c1-17-21-23(24(33(35,36)37)18(2)39-27(21)43-42-17)25-26-20(6-8-38-25)22-28(44(26)4)40-30(41-29(22)45-10-11-48-15-31(3,47)14-45)49-16-32-7-5-9-46(32)13-19(34)12-32/h6,8,19,47H,5,7,9-16H2,1-4H3,(H,39,42,43)/t19-,31+,32+/m1/s1. The molecular formula is C33H37F4N9O3. The topological polar surface area (TPSA) is 130 Å². The summed E-state index contributed by atoms with van der Waals surface area (Å²) < 4.78 is 72.9. The van der Waals surface area contributed by atoms with Crippen LogP contribution < -0.4 is 9.64 Å². The molecule has 49 heavy (non-hydrogen) atoms. The lowest BCUT2D eigenvalue weighted by Gasteiger charge is -2.31. The third-order valence-electron chi connectivity index (χ3n) is 10.3. The molecule has 0 aromatic carbocycles. The Morgan fingerprint density at radius 1 is 1.14 bits per heavy atom. The Labute approximate surface area is 278 Å². The zero-order chi connectivity index (χ0) is 34.5. The first-order valence-electron chi connectivity index (χ1n) is 16.4. The van der Waals surface area contributed by atoms with Gasteiger partial charge in [-0.25, -0.2) is 9.37 Å². The van der Waals surface area contributed by atoms with E-state index in [4.69, 9.17) is 19.4 Å². The van der Waals surface area contributed by atoms with Gasteiger partial charge in [-0.3, -0.25) is 15.0 Å². The monoisotopic (exact) mass is 683 g/mol. The molecular weight excluding hydrogens is 646 g/mol. The molecule has 0 aliphatic carbocycles. The molecule has 8 rings (SSSR count). The van der Waals surface area contributed by atoms with Gasteiger partial charge in [0.15, 0.2) is 5.65 Å². The van der Waals surface area contributed by atoms with Gasteiger partial charge >= 0.3 is 12.2 Å². The lowest BCUT2D eigenvalue weighted by atomic mass is 9.95. The summed E-state index contributed by atoms with van der Waals surface area (Å²) in [4.78, 5) is 22.5. The largest absolute Gasteiger partial charge is 0.461 e. The van der Waals surface area contributed by atoms with Crippen LogP contribution in [0.5, 0.6) is 6.01 Å². The number of fused-ring (bicyclic) bond motifs is 5. The van der Waals surface area contributed by atoms with Crippen LogP contribution in [0.4, 0.5) is 23.4 Å². The van der Waals surface area contributed by atoms with Crippen molar-refractivity contribution in [2.24, 2.45) is 7.05 Å². The van der Waals surface area contributed by atoms with Crippen LogP contribution in [-0.2, 0) is 18.0 Å². The normalized spacial score (nSPS) is 25.2. The van der Waals surface area contributed by atoms with Crippen molar-refractivity contribution in [2.75, 3.05) is 50.9 Å². The second-order valence-electron chi connectivity index (χ2n) is 14.0. The van der Waals surface area contributed by atoms with E-state index in [9.17, 15) is 22.7 Å². The van der Waals surface area contributed by atoms with E-state index in [1.807, 2.05) is 4.90 Å². The SMILES string of the molecule is Cc1nc2[nH]nc(C)c2c(-c2nccc3c4c(N5CCOC[C@@](C)(O)C5)nc(OC[C@@]56CCCN5C[C@H](F)C6)nc4n(C)c23)c1C(F)(F)F. The van der Waals surface area contributed by atoms with Gasteiger partial charge in [0.2, 0.25) is 0 Å². The Morgan fingerprint density at radius 3 is 2.76 bits per heavy atom. The number of aliphatic hydroxyl groups is 1. The third kappa shape index (κ3) is 5.17. The number of alkyl halides is 4. The van der Waals surface area contributed by atoms with E-state index in [0.29, 0.717) is 59.6 Å². The molecule has 0 bridgehead atoms. The summed E-state index contributed by atoms with van der Waals surface area (Å²) in [6.45, 7) is 6.98. The molecule has 16 heteroatoms. The summed E-state index contributed by atoms with van der Waals surface area (Å²) in [5.74, 6) is 0.440. The van der Waals surface area contributed by atoms with Crippen molar-refractivity contribution in [3.63, 3.8) is 0 Å². The molecule has 0 spiro atoms. The molecule has 3 aliphatic rings.